The highest BCUT2D eigenvalue weighted by Gasteiger charge is 2.17. The van der Waals surface area contributed by atoms with Crippen molar-refractivity contribution in [3.05, 3.63) is 34.9 Å². The molecule has 1 saturated carbocycles. The molecule has 0 bridgehead atoms. The summed E-state index contributed by atoms with van der Waals surface area (Å²) in [6.07, 6.45) is 5.92. The molecule has 1 aromatic carbocycles. The van der Waals surface area contributed by atoms with Gasteiger partial charge in [-0.3, -0.25) is 4.79 Å². The van der Waals surface area contributed by atoms with Gasteiger partial charge in [0, 0.05) is 11.7 Å². The molecule has 0 atom stereocenters. The minimum absolute atomic E-state index is 0.379. The molecule has 98 valence electrons. The van der Waals surface area contributed by atoms with Gasteiger partial charge >= 0.3 is 0 Å². The van der Waals surface area contributed by atoms with Gasteiger partial charge in [0.15, 0.2) is 0 Å². The van der Waals surface area contributed by atoms with Crippen LogP contribution in [0, 0.1) is 13.8 Å². The average molecular weight is 262 g/mol. The average Bonchev–Trinajstić information content (AvgIpc) is 2.84. The molecule has 0 N–H and O–H groups in total. The molecule has 0 radical (unpaired) electrons. The number of rotatable bonds is 5. The number of thioether (sulfide) groups is 1. The van der Waals surface area contributed by atoms with E-state index >= 15 is 0 Å². The first-order valence-corrected chi connectivity index (χ1v) is 7.90. The zero-order chi connectivity index (χ0) is 13.0. The summed E-state index contributed by atoms with van der Waals surface area (Å²) in [6, 6.07) is 6.26. The number of ketones is 1. The van der Waals surface area contributed by atoms with Gasteiger partial charge in [-0.15, -0.1) is 0 Å². The van der Waals surface area contributed by atoms with Gasteiger partial charge in [0.05, 0.1) is 5.75 Å². The molecule has 1 aliphatic rings. The number of hydrogen-bond acceptors (Lipinski definition) is 2. The molecule has 2 heteroatoms. The van der Waals surface area contributed by atoms with Crippen LogP contribution in [0.3, 0.4) is 0 Å². The molecule has 0 saturated heterocycles. The monoisotopic (exact) mass is 262 g/mol. The third-order valence-electron chi connectivity index (χ3n) is 3.80. The SMILES string of the molecule is Cc1cccc(C)c1CC(=O)CSC1CCCC1. The fraction of sp³-hybridized carbons (Fsp3) is 0.562. The molecular weight excluding hydrogens is 240 g/mol. The lowest BCUT2D eigenvalue weighted by atomic mass is 9.99. The van der Waals surface area contributed by atoms with E-state index in [9.17, 15) is 4.79 Å². The van der Waals surface area contributed by atoms with Crippen molar-refractivity contribution >= 4 is 17.5 Å². The van der Waals surface area contributed by atoms with Crippen LogP contribution in [0.4, 0.5) is 0 Å². The van der Waals surface area contributed by atoms with Crippen LogP contribution in [-0.2, 0) is 11.2 Å². The van der Waals surface area contributed by atoms with Crippen LogP contribution < -0.4 is 0 Å². The van der Waals surface area contributed by atoms with E-state index in [0.717, 1.165) is 5.25 Å². The Balaban J connectivity index is 1.86. The van der Waals surface area contributed by atoms with E-state index < -0.39 is 0 Å². The first-order valence-electron chi connectivity index (χ1n) is 6.85. The Hall–Kier alpha value is -0.760. The van der Waals surface area contributed by atoms with Gasteiger partial charge in [-0.2, -0.15) is 11.8 Å². The first kappa shape index (κ1) is 13.7. The van der Waals surface area contributed by atoms with E-state index in [2.05, 4.69) is 32.0 Å². The van der Waals surface area contributed by atoms with Gasteiger partial charge in [-0.05, 0) is 43.4 Å². The van der Waals surface area contributed by atoms with Gasteiger partial charge < -0.3 is 0 Å². The second kappa shape index (κ2) is 6.42. The second-order valence-electron chi connectivity index (χ2n) is 5.30. The molecule has 0 unspecified atom stereocenters. The summed E-state index contributed by atoms with van der Waals surface area (Å²) in [6.45, 7) is 4.19. The Morgan fingerprint density at radius 1 is 1.22 bits per heavy atom. The van der Waals surface area contributed by atoms with E-state index in [0.29, 0.717) is 18.0 Å². The summed E-state index contributed by atoms with van der Waals surface area (Å²) < 4.78 is 0. The zero-order valence-corrected chi connectivity index (χ0v) is 12.2. The van der Waals surface area contributed by atoms with E-state index in [4.69, 9.17) is 0 Å². The van der Waals surface area contributed by atoms with Crippen molar-refractivity contribution in [3.63, 3.8) is 0 Å². The van der Waals surface area contributed by atoms with Crippen LogP contribution in [0.15, 0.2) is 18.2 Å². The van der Waals surface area contributed by atoms with Gasteiger partial charge in [0.25, 0.3) is 0 Å². The summed E-state index contributed by atoms with van der Waals surface area (Å²) in [5.74, 6) is 1.07. The Bertz CT molecular complexity index is 399. The maximum atomic E-state index is 12.1. The third kappa shape index (κ3) is 3.61. The molecule has 0 heterocycles. The predicted molar refractivity (Wildman–Crippen MR) is 79.3 cm³/mol. The molecule has 0 spiro atoms. The smallest absolute Gasteiger partial charge is 0.147 e. The van der Waals surface area contributed by atoms with Crippen LogP contribution in [-0.4, -0.2) is 16.8 Å². The lowest BCUT2D eigenvalue weighted by molar-refractivity contribution is -0.116. The molecule has 18 heavy (non-hydrogen) atoms. The fourth-order valence-corrected chi connectivity index (χ4v) is 3.83. The minimum atomic E-state index is 0.379. The largest absolute Gasteiger partial charge is 0.298 e. The highest BCUT2D eigenvalue weighted by molar-refractivity contribution is 8.00. The lowest BCUT2D eigenvalue weighted by Gasteiger charge is -2.10. The van der Waals surface area contributed by atoms with E-state index in [1.165, 1.54) is 42.4 Å². The number of carbonyl (C=O) groups is 1. The van der Waals surface area contributed by atoms with E-state index in [-0.39, 0.29) is 0 Å². The van der Waals surface area contributed by atoms with Crippen molar-refractivity contribution in [2.45, 2.75) is 51.2 Å². The van der Waals surface area contributed by atoms with Crippen molar-refractivity contribution < 1.29 is 4.79 Å². The summed E-state index contributed by atoms with van der Waals surface area (Å²) in [5, 5.41) is 0.743. The van der Waals surface area contributed by atoms with Gasteiger partial charge in [-0.1, -0.05) is 31.0 Å². The molecule has 0 aliphatic heterocycles. The van der Waals surface area contributed by atoms with E-state index in [1.807, 2.05) is 11.8 Å². The highest BCUT2D eigenvalue weighted by atomic mass is 32.2. The molecule has 0 aromatic heterocycles. The maximum absolute atomic E-state index is 12.1. The third-order valence-corrected chi connectivity index (χ3v) is 5.23. The van der Waals surface area contributed by atoms with Crippen molar-refractivity contribution in [3.8, 4) is 0 Å². The topological polar surface area (TPSA) is 17.1 Å². The Kier molecular flexibility index (Phi) is 4.87. The Labute approximate surface area is 114 Å². The van der Waals surface area contributed by atoms with Crippen molar-refractivity contribution in [2.24, 2.45) is 0 Å². The lowest BCUT2D eigenvalue weighted by Crippen LogP contribution is -2.10. The second-order valence-corrected chi connectivity index (χ2v) is 6.59. The van der Waals surface area contributed by atoms with E-state index in [1.54, 1.807) is 0 Å². The van der Waals surface area contributed by atoms with Crippen molar-refractivity contribution in [1.82, 2.24) is 0 Å². The first-order chi connectivity index (χ1) is 8.66. The number of carbonyl (C=O) groups excluding carboxylic acids is 1. The van der Waals surface area contributed by atoms with Gasteiger partial charge in [-0.25, -0.2) is 0 Å². The van der Waals surface area contributed by atoms with Crippen LogP contribution >= 0.6 is 11.8 Å². The molecular formula is C16H22OS. The predicted octanol–water partition coefficient (Wildman–Crippen LogP) is 4.09. The molecule has 2 rings (SSSR count). The number of hydrogen-bond donors (Lipinski definition) is 0. The summed E-state index contributed by atoms with van der Waals surface area (Å²) in [7, 11) is 0. The van der Waals surface area contributed by atoms with Crippen LogP contribution in [0.1, 0.15) is 42.4 Å². The standard InChI is InChI=1S/C16H22OS/c1-12-6-5-7-13(2)16(12)10-14(17)11-18-15-8-3-4-9-15/h5-7,15H,3-4,8-11H2,1-2H3. The molecule has 1 fully saturated rings. The van der Waals surface area contributed by atoms with Crippen LogP contribution in [0.5, 0.6) is 0 Å². The van der Waals surface area contributed by atoms with Crippen LogP contribution in [0.25, 0.3) is 0 Å². The van der Waals surface area contributed by atoms with Crippen molar-refractivity contribution in [2.75, 3.05) is 5.75 Å². The quantitative estimate of drug-likeness (QED) is 0.795. The molecule has 1 aromatic rings. The highest BCUT2D eigenvalue weighted by Crippen LogP contribution is 2.29. The van der Waals surface area contributed by atoms with Crippen LogP contribution in [0.2, 0.25) is 0 Å². The fourth-order valence-electron chi connectivity index (χ4n) is 2.64. The van der Waals surface area contributed by atoms with Gasteiger partial charge in [0.1, 0.15) is 5.78 Å². The zero-order valence-electron chi connectivity index (χ0n) is 11.4. The normalized spacial score (nSPS) is 16.1. The summed E-state index contributed by atoms with van der Waals surface area (Å²) >= 11 is 1.87. The number of Topliss-reactive ketones (excluding diaryl/α,β-unsaturated/α-hetero) is 1. The number of benzene rings is 1. The molecule has 1 nitrogen and oxygen atoms in total. The van der Waals surface area contributed by atoms with Crippen molar-refractivity contribution in [1.29, 1.82) is 0 Å². The van der Waals surface area contributed by atoms with Gasteiger partial charge in [0.2, 0.25) is 0 Å². The Morgan fingerprint density at radius 3 is 2.44 bits per heavy atom. The number of aryl methyl sites for hydroxylation is 2. The summed E-state index contributed by atoms with van der Waals surface area (Å²) in [4.78, 5) is 12.1. The maximum Gasteiger partial charge on any atom is 0.147 e. The molecule has 0 amide bonds. The summed E-state index contributed by atoms with van der Waals surface area (Å²) in [5.41, 5.74) is 3.72. The minimum Gasteiger partial charge on any atom is -0.298 e. The Morgan fingerprint density at radius 2 is 1.83 bits per heavy atom. The molecule has 1 aliphatic carbocycles.